The molecule has 0 unspecified atom stereocenters. The number of nitrogens with zero attached hydrogens (tertiary/aromatic N) is 1. The maximum Gasteiger partial charge on any atom is 0.297 e. The van der Waals surface area contributed by atoms with Gasteiger partial charge in [0.25, 0.3) is 11.9 Å². The standard InChI is InChI=1S/C14H15N3O2/c1-8(12-13(18)17-14(15-2)19-12)10-7-16-11-6-4-3-5-9(10)11/h3-8,16,18H,1-2H3,(H,15,17)/t8-/m1/s1. The number of hydrogen-bond donors (Lipinski definition) is 3. The number of anilines is 1. The van der Waals surface area contributed by atoms with Gasteiger partial charge < -0.3 is 19.8 Å². The molecule has 0 aliphatic rings. The molecule has 0 radical (unpaired) electrons. The highest BCUT2D eigenvalue weighted by Crippen LogP contribution is 2.35. The van der Waals surface area contributed by atoms with E-state index in [0.717, 1.165) is 16.5 Å². The highest BCUT2D eigenvalue weighted by molar-refractivity contribution is 5.84. The first kappa shape index (κ1) is 11.6. The first-order valence-corrected chi connectivity index (χ1v) is 6.14. The fourth-order valence-corrected chi connectivity index (χ4v) is 2.31. The molecule has 3 aromatic rings. The van der Waals surface area contributed by atoms with Crippen LogP contribution in [0.15, 0.2) is 34.9 Å². The summed E-state index contributed by atoms with van der Waals surface area (Å²) < 4.78 is 5.51. The first-order valence-electron chi connectivity index (χ1n) is 6.14. The number of para-hydroxylation sites is 1. The predicted molar refractivity (Wildman–Crippen MR) is 73.5 cm³/mol. The Morgan fingerprint density at radius 3 is 2.89 bits per heavy atom. The van der Waals surface area contributed by atoms with E-state index in [-0.39, 0.29) is 11.8 Å². The monoisotopic (exact) mass is 257 g/mol. The van der Waals surface area contributed by atoms with Crippen molar-refractivity contribution >= 4 is 16.9 Å². The van der Waals surface area contributed by atoms with Crippen molar-refractivity contribution in [2.45, 2.75) is 12.8 Å². The van der Waals surface area contributed by atoms with Crippen molar-refractivity contribution in [1.29, 1.82) is 0 Å². The number of rotatable bonds is 3. The molecule has 0 saturated carbocycles. The van der Waals surface area contributed by atoms with E-state index < -0.39 is 0 Å². The van der Waals surface area contributed by atoms with Gasteiger partial charge in [0.1, 0.15) is 0 Å². The zero-order valence-corrected chi connectivity index (χ0v) is 10.8. The second kappa shape index (κ2) is 4.35. The molecule has 98 valence electrons. The molecule has 1 aromatic carbocycles. The molecule has 2 aromatic heterocycles. The minimum absolute atomic E-state index is 0.0675. The zero-order valence-electron chi connectivity index (χ0n) is 10.8. The molecular weight excluding hydrogens is 242 g/mol. The number of aromatic amines is 1. The normalized spacial score (nSPS) is 12.7. The van der Waals surface area contributed by atoms with E-state index in [1.54, 1.807) is 7.05 Å². The van der Waals surface area contributed by atoms with Crippen LogP contribution in [0.25, 0.3) is 10.9 Å². The SMILES string of the molecule is CNc1nc(O)c([C@H](C)c2c[nH]c3ccccc23)o1. The van der Waals surface area contributed by atoms with Crippen molar-refractivity contribution in [3.63, 3.8) is 0 Å². The number of benzene rings is 1. The number of aromatic nitrogens is 2. The Kier molecular flexibility index (Phi) is 2.67. The van der Waals surface area contributed by atoms with Crippen molar-refractivity contribution < 1.29 is 9.52 Å². The van der Waals surface area contributed by atoms with E-state index in [0.29, 0.717) is 11.8 Å². The first-order chi connectivity index (χ1) is 9.20. The Balaban J connectivity index is 2.08. The lowest BCUT2D eigenvalue weighted by atomic mass is 9.98. The molecule has 0 amide bonds. The van der Waals surface area contributed by atoms with E-state index in [1.165, 1.54) is 0 Å². The molecule has 19 heavy (non-hydrogen) atoms. The van der Waals surface area contributed by atoms with Crippen LogP contribution in [0, 0.1) is 0 Å². The third-order valence-electron chi connectivity index (χ3n) is 3.33. The summed E-state index contributed by atoms with van der Waals surface area (Å²) in [6.45, 7) is 1.98. The highest BCUT2D eigenvalue weighted by Gasteiger charge is 2.22. The van der Waals surface area contributed by atoms with Gasteiger partial charge in [0, 0.05) is 30.1 Å². The molecule has 1 atom stereocenters. The molecule has 0 spiro atoms. The van der Waals surface area contributed by atoms with Crippen molar-refractivity contribution in [3.05, 3.63) is 41.8 Å². The average Bonchev–Trinajstić information content (AvgIpc) is 3.01. The van der Waals surface area contributed by atoms with Crippen LogP contribution >= 0.6 is 0 Å². The summed E-state index contributed by atoms with van der Waals surface area (Å²) in [6.07, 6.45) is 1.94. The summed E-state index contributed by atoms with van der Waals surface area (Å²) in [5.41, 5.74) is 2.14. The van der Waals surface area contributed by atoms with Crippen LogP contribution in [0.1, 0.15) is 24.2 Å². The van der Waals surface area contributed by atoms with Crippen LogP contribution in [0.5, 0.6) is 5.88 Å². The second-order valence-electron chi connectivity index (χ2n) is 4.47. The zero-order chi connectivity index (χ0) is 13.4. The molecule has 3 rings (SSSR count). The lowest BCUT2D eigenvalue weighted by Crippen LogP contribution is -1.93. The van der Waals surface area contributed by atoms with Gasteiger partial charge >= 0.3 is 0 Å². The van der Waals surface area contributed by atoms with Gasteiger partial charge in [-0.05, 0) is 11.6 Å². The molecule has 3 N–H and O–H groups in total. The third-order valence-corrected chi connectivity index (χ3v) is 3.33. The number of fused-ring (bicyclic) bond motifs is 1. The molecular formula is C14H15N3O2. The van der Waals surface area contributed by atoms with E-state index >= 15 is 0 Å². The topological polar surface area (TPSA) is 74.1 Å². The fraction of sp³-hybridized carbons (Fsp3) is 0.214. The summed E-state index contributed by atoms with van der Waals surface area (Å²) in [5.74, 6) is 0.321. The van der Waals surface area contributed by atoms with Crippen molar-refractivity contribution in [1.82, 2.24) is 9.97 Å². The van der Waals surface area contributed by atoms with Crippen molar-refractivity contribution in [2.24, 2.45) is 0 Å². The Morgan fingerprint density at radius 1 is 1.37 bits per heavy atom. The Bertz CT molecular complexity index is 714. The van der Waals surface area contributed by atoms with Gasteiger partial charge in [0.05, 0.1) is 0 Å². The average molecular weight is 257 g/mol. The van der Waals surface area contributed by atoms with Crippen LogP contribution in [0.2, 0.25) is 0 Å². The molecule has 5 heteroatoms. The molecule has 0 saturated heterocycles. The largest absolute Gasteiger partial charge is 0.491 e. The van der Waals surface area contributed by atoms with Gasteiger partial charge in [-0.15, -0.1) is 0 Å². The van der Waals surface area contributed by atoms with Crippen LogP contribution in [0.4, 0.5) is 6.01 Å². The van der Waals surface area contributed by atoms with Crippen LogP contribution in [0.3, 0.4) is 0 Å². The molecule has 0 bridgehead atoms. The summed E-state index contributed by atoms with van der Waals surface area (Å²) in [6, 6.07) is 8.36. The lowest BCUT2D eigenvalue weighted by molar-refractivity contribution is 0.421. The van der Waals surface area contributed by atoms with Crippen LogP contribution in [-0.2, 0) is 0 Å². The molecule has 0 aliphatic carbocycles. The number of hydrogen-bond acceptors (Lipinski definition) is 4. The minimum Gasteiger partial charge on any atom is -0.491 e. The fourth-order valence-electron chi connectivity index (χ4n) is 2.31. The number of oxazole rings is 1. The molecule has 0 aliphatic heterocycles. The Morgan fingerprint density at radius 2 is 2.16 bits per heavy atom. The lowest BCUT2D eigenvalue weighted by Gasteiger charge is -2.07. The summed E-state index contributed by atoms with van der Waals surface area (Å²) in [5, 5.41) is 13.8. The summed E-state index contributed by atoms with van der Waals surface area (Å²) >= 11 is 0. The van der Waals surface area contributed by atoms with Crippen LogP contribution < -0.4 is 5.32 Å². The van der Waals surface area contributed by atoms with Gasteiger partial charge in [-0.3, -0.25) is 0 Å². The van der Waals surface area contributed by atoms with Gasteiger partial charge in [-0.25, -0.2) is 0 Å². The van der Waals surface area contributed by atoms with Gasteiger partial charge in [0.15, 0.2) is 5.76 Å². The minimum atomic E-state index is -0.0780. The van der Waals surface area contributed by atoms with Gasteiger partial charge in [0.2, 0.25) is 0 Å². The number of H-pyrrole nitrogens is 1. The number of nitrogens with one attached hydrogen (secondary N) is 2. The summed E-state index contributed by atoms with van der Waals surface area (Å²) in [7, 11) is 1.70. The van der Waals surface area contributed by atoms with E-state index in [4.69, 9.17) is 4.42 Å². The Labute approximate surface area is 110 Å². The van der Waals surface area contributed by atoms with Gasteiger partial charge in [-0.1, -0.05) is 25.1 Å². The number of aromatic hydroxyl groups is 1. The molecule has 0 fully saturated rings. The quantitative estimate of drug-likeness (QED) is 0.674. The second-order valence-corrected chi connectivity index (χ2v) is 4.47. The van der Waals surface area contributed by atoms with Crippen molar-refractivity contribution in [2.75, 3.05) is 12.4 Å². The van der Waals surface area contributed by atoms with Crippen LogP contribution in [-0.4, -0.2) is 22.1 Å². The summed E-state index contributed by atoms with van der Waals surface area (Å²) in [4.78, 5) is 7.13. The predicted octanol–water partition coefficient (Wildman–Crippen LogP) is 3.06. The highest BCUT2D eigenvalue weighted by atomic mass is 16.4. The smallest absolute Gasteiger partial charge is 0.297 e. The Hall–Kier alpha value is -2.43. The maximum atomic E-state index is 9.85. The van der Waals surface area contributed by atoms with E-state index in [2.05, 4.69) is 15.3 Å². The molecule has 5 nitrogen and oxygen atoms in total. The maximum absolute atomic E-state index is 9.85. The van der Waals surface area contributed by atoms with E-state index in [9.17, 15) is 5.11 Å². The van der Waals surface area contributed by atoms with Gasteiger partial charge in [-0.2, -0.15) is 4.98 Å². The third kappa shape index (κ3) is 1.83. The van der Waals surface area contributed by atoms with E-state index in [1.807, 2.05) is 37.4 Å². The van der Waals surface area contributed by atoms with Crippen molar-refractivity contribution in [3.8, 4) is 5.88 Å². The molecule has 2 heterocycles.